The van der Waals surface area contributed by atoms with Crippen molar-refractivity contribution in [3.8, 4) is 0 Å². The third-order valence-electron chi connectivity index (χ3n) is 5.31. The van der Waals surface area contributed by atoms with Crippen molar-refractivity contribution in [1.29, 1.82) is 5.41 Å². The number of carbonyl (C=O) groups is 1. The number of aromatic nitrogens is 2. The number of nitrogens with zero attached hydrogens (tertiary/aromatic N) is 2. The quantitative estimate of drug-likeness (QED) is 0.104. The van der Waals surface area contributed by atoms with Crippen LogP contribution in [0.4, 0.5) is 23.1 Å². The minimum absolute atomic E-state index is 0.0207. The molecular formula is C20H28N8O6. The smallest absolute Gasteiger partial charge is 0.278 e. The molecule has 0 unspecified atom stereocenters. The van der Waals surface area contributed by atoms with E-state index in [1.165, 1.54) is 4.90 Å². The Kier molecular flexibility index (Phi) is 8.01. The molecule has 1 amide bonds. The van der Waals surface area contributed by atoms with Crippen LogP contribution in [-0.2, 0) is 0 Å². The lowest BCUT2D eigenvalue weighted by Gasteiger charge is -2.35. The molecule has 14 nitrogen and oxygen atoms in total. The number of hydrogen-bond donors (Lipinski definition) is 10. The standard InChI is InChI=1S/C20H28N8O6/c21-9-28-12(8-24-16-15(28)18(32)27-20(22)26-16)7-23-11-3-1-10(2-4-11)17(31)25-13(19(33)34)5-6-14(29)30/h1-4,9,12-14,19,21,23,29-30,33-34H,5-8H2,(H,25,31)(H4,22,24,26,27,32)/t12-,13-/m0/s1. The number of aromatic amines is 1. The van der Waals surface area contributed by atoms with E-state index < -0.39 is 30.1 Å². The van der Waals surface area contributed by atoms with Crippen LogP contribution in [0.25, 0.3) is 0 Å². The lowest BCUT2D eigenvalue weighted by atomic mass is 10.1. The van der Waals surface area contributed by atoms with E-state index >= 15 is 0 Å². The SMILES string of the molecule is N=CN1c2c(nc(N)[nH]c2=O)NC[C@@H]1CNc1ccc(C(=O)N[C@@H](CCC(O)O)C(O)O)cc1. The van der Waals surface area contributed by atoms with Crippen LogP contribution in [0, 0.1) is 5.41 Å². The van der Waals surface area contributed by atoms with Gasteiger partial charge >= 0.3 is 0 Å². The molecule has 1 aromatic carbocycles. The number of hydrogen-bond acceptors (Lipinski definition) is 11. The van der Waals surface area contributed by atoms with Gasteiger partial charge in [-0.25, -0.2) is 0 Å². The van der Waals surface area contributed by atoms with Gasteiger partial charge in [0.05, 0.1) is 18.4 Å². The summed E-state index contributed by atoms with van der Waals surface area (Å²) in [4.78, 5) is 32.7. The molecule has 2 heterocycles. The summed E-state index contributed by atoms with van der Waals surface area (Å²) < 4.78 is 0. The molecule has 3 rings (SSSR count). The molecule has 14 heteroatoms. The molecule has 0 saturated heterocycles. The molecule has 0 saturated carbocycles. The highest BCUT2D eigenvalue weighted by atomic mass is 16.5. The third-order valence-corrected chi connectivity index (χ3v) is 5.31. The van der Waals surface area contributed by atoms with Crippen molar-refractivity contribution in [2.75, 3.05) is 34.4 Å². The Morgan fingerprint density at radius 1 is 1.26 bits per heavy atom. The Morgan fingerprint density at radius 2 is 1.97 bits per heavy atom. The Bertz CT molecular complexity index is 1060. The number of nitrogens with two attached hydrogens (primary N) is 1. The molecular weight excluding hydrogens is 448 g/mol. The van der Waals surface area contributed by atoms with Gasteiger partial charge in [-0.1, -0.05) is 0 Å². The zero-order chi connectivity index (χ0) is 24.8. The van der Waals surface area contributed by atoms with Crippen LogP contribution in [0.15, 0.2) is 29.1 Å². The number of aliphatic hydroxyl groups excluding tert-OH is 2. The third kappa shape index (κ3) is 5.99. The van der Waals surface area contributed by atoms with Crippen molar-refractivity contribution < 1.29 is 25.2 Å². The number of nitrogens with one attached hydrogen (secondary N) is 5. The molecule has 0 fully saturated rings. The van der Waals surface area contributed by atoms with E-state index in [0.717, 1.165) is 6.34 Å². The molecule has 1 aliphatic rings. The maximum atomic E-state index is 12.4. The average molecular weight is 476 g/mol. The summed E-state index contributed by atoms with van der Waals surface area (Å²) in [7, 11) is 0. The number of rotatable bonds is 10. The summed E-state index contributed by atoms with van der Waals surface area (Å²) >= 11 is 0. The highest BCUT2D eigenvalue weighted by molar-refractivity contribution is 5.94. The van der Waals surface area contributed by atoms with E-state index in [1.807, 2.05) is 0 Å². The first-order chi connectivity index (χ1) is 16.2. The van der Waals surface area contributed by atoms with Gasteiger partial charge in [-0.2, -0.15) is 4.98 Å². The second kappa shape index (κ2) is 10.9. The van der Waals surface area contributed by atoms with Crippen LogP contribution in [0.1, 0.15) is 23.2 Å². The first-order valence-electron chi connectivity index (χ1n) is 10.5. The second-order valence-electron chi connectivity index (χ2n) is 7.73. The highest BCUT2D eigenvalue weighted by Gasteiger charge is 2.29. The number of amides is 1. The number of H-pyrrole nitrogens is 1. The summed E-state index contributed by atoms with van der Waals surface area (Å²) in [6.45, 7) is 0.763. The Labute approximate surface area is 194 Å². The lowest BCUT2D eigenvalue weighted by Crippen LogP contribution is -2.49. The predicted molar refractivity (Wildman–Crippen MR) is 125 cm³/mol. The molecule has 184 valence electrons. The van der Waals surface area contributed by atoms with E-state index in [0.29, 0.717) is 24.6 Å². The zero-order valence-electron chi connectivity index (χ0n) is 18.1. The van der Waals surface area contributed by atoms with Crippen molar-refractivity contribution in [2.24, 2.45) is 0 Å². The predicted octanol–water partition coefficient (Wildman–Crippen LogP) is -1.83. The first kappa shape index (κ1) is 24.9. The van der Waals surface area contributed by atoms with E-state index in [-0.39, 0.29) is 36.1 Å². The number of aliphatic hydroxyl groups is 4. The molecule has 1 aliphatic heterocycles. The van der Waals surface area contributed by atoms with Crippen molar-refractivity contribution in [1.82, 2.24) is 15.3 Å². The molecule has 0 spiro atoms. The number of fused-ring (bicyclic) bond motifs is 1. The molecule has 2 aromatic rings. The van der Waals surface area contributed by atoms with Crippen molar-refractivity contribution in [3.05, 3.63) is 40.2 Å². The van der Waals surface area contributed by atoms with E-state index in [1.54, 1.807) is 24.3 Å². The maximum absolute atomic E-state index is 12.4. The van der Waals surface area contributed by atoms with Crippen molar-refractivity contribution in [2.45, 2.75) is 37.5 Å². The molecule has 1 aromatic heterocycles. The van der Waals surface area contributed by atoms with Crippen molar-refractivity contribution >= 4 is 35.4 Å². The molecule has 0 aliphatic carbocycles. The van der Waals surface area contributed by atoms with Crippen LogP contribution >= 0.6 is 0 Å². The molecule has 0 bridgehead atoms. The Hall–Kier alpha value is -3.72. The minimum Gasteiger partial charge on any atom is -0.383 e. The number of nitrogen functional groups attached to an aromatic ring is 1. The van der Waals surface area contributed by atoms with Gasteiger partial charge in [0, 0.05) is 30.8 Å². The van der Waals surface area contributed by atoms with Gasteiger partial charge in [-0.15, -0.1) is 0 Å². The molecule has 34 heavy (non-hydrogen) atoms. The second-order valence-corrected chi connectivity index (χ2v) is 7.73. The van der Waals surface area contributed by atoms with Gasteiger partial charge in [0.1, 0.15) is 0 Å². The summed E-state index contributed by atoms with van der Waals surface area (Å²) in [6, 6.07) is 5.05. The maximum Gasteiger partial charge on any atom is 0.278 e. The van der Waals surface area contributed by atoms with E-state index in [9.17, 15) is 19.8 Å². The van der Waals surface area contributed by atoms with Crippen LogP contribution in [0.5, 0.6) is 0 Å². The monoisotopic (exact) mass is 476 g/mol. The van der Waals surface area contributed by atoms with Crippen LogP contribution < -0.4 is 32.1 Å². The highest BCUT2D eigenvalue weighted by Crippen LogP contribution is 2.25. The van der Waals surface area contributed by atoms with Crippen LogP contribution in [-0.4, -0.2) is 80.4 Å². The fraction of sp³-hybridized carbons (Fsp3) is 0.400. The summed E-state index contributed by atoms with van der Waals surface area (Å²) in [6.07, 6.45) is -2.59. The fourth-order valence-electron chi connectivity index (χ4n) is 3.53. The molecule has 2 atom stereocenters. The molecule has 0 radical (unpaired) electrons. The summed E-state index contributed by atoms with van der Waals surface area (Å²) in [5, 5.41) is 53.1. The van der Waals surface area contributed by atoms with Gasteiger partial charge in [-0.3, -0.25) is 20.0 Å². The van der Waals surface area contributed by atoms with Gasteiger partial charge in [-0.05, 0) is 30.7 Å². The van der Waals surface area contributed by atoms with Crippen LogP contribution in [0.3, 0.4) is 0 Å². The Balaban J connectivity index is 1.61. The number of carbonyl (C=O) groups excluding carboxylic acids is 1. The van der Waals surface area contributed by atoms with E-state index in [4.69, 9.17) is 21.4 Å². The van der Waals surface area contributed by atoms with Gasteiger partial charge < -0.3 is 47.0 Å². The number of benzene rings is 1. The van der Waals surface area contributed by atoms with Gasteiger partial charge in [0.2, 0.25) is 5.95 Å². The van der Waals surface area contributed by atoms with Gasteiger partial charge in [0.15, 0.2) is 24.1 Å². The zero-order valence-corrected chi connectivity index (χ0v) is 18.1. The topological polar surface area (TPSA) is 233 Å². The summed E-state index contributed by atoms with van der Waals surface area (Å²) in [5.74, 6) is -0.269. The molecule has 11 N–H and O–H groups in total. The lowest BCUT2D eigenvalue weighted by molar-refractivity contribution is -0.0817. The largest absolute Gasteiger partial charge is 0.383 e. The van der Waals surface area contributed by atoms with Gasteiger partial charge in [0.25, 0.3) is 11.5 Å². The van der Waals surface area contributed by atoms with E-state index in [2.05, 4.69) is 25.9 Å². The van der Waals surface area contributed by atoms with Crippen molar-refractivity contribution in [3.63, 3.8) is 0 Å². The minimum atomic E-state index is -1.85. The average Bonchev–Trinajstić information content (AvgIpc) is 2.79. The fourth-order valence-corrected chi connectivity index (χ4v) is 3.53. The number of anilines is 4. The Morgan fingerprint density at radius 3 is 2.59 bits per heavy atom. The van der Waals surface area contributed by atoms with Crippen LogP contribution in [0.2, 0.25) is 0 Å². The summed E-state index contributed by atoms with van der Waals surface area (Å²) in [5.41, 5.74) is 6.26. The normalized spacial score (nSPS) is 16.1. The first-order valence-corrected chi connectivity index (χ1v) is 10.5.